The number of hydrogen-bond donors (Lipinski definition) is 4. The summed E-state index contributed by atoms with van der Waals surface area (Å²) in [4.78, 5) is 18.4. The summed E-state index contributed by atoms with van der Waals surface area (Å²) in [5, 5.41) is 5.53. The largest absolute Gasteiger partial charge is 0.383 e. The topological polar surface area (TPSA) is 119 Å². The lowest BCUT2D eigenvalue weighted by molar-refractivity contribution is 0.249. The van der Waals surface area contributed by atoms with Crippen molar-refractivity contribution in [2.45, 2.75) is 13.3 Å². The smallest absolute Gasteiger partial charge is 0.312 e. The highest BCUT2D eigenvalue weighted by Crippen LogP contribution is 2.16. The van der Waals surface area contributed by atoms with Crippen molar-refractivity contribution in [3.8, 4) is 0 Å². The Morgan fingerprint density at radius 1 is 1.44 bits per heavy atom. The van der Waals surface area contributed by atoms with Gasteiger partial charge in [0.25, 0.3) is 0 Å². The number of nitrogen functional groups attached to an aromatic ring is 1. The predicted molar refractivity (Wildman–Crippen MR) is 61.9 cm³/mol. The molecular formula is C9H16N6O. The van der Waals surface area contributed by atoms with Crippen LogP contribution in [-0.4, -0.2) is 29.1 Å². The Balaban J connectivity index is 2.53. The minimum atomic E-state index is -0.542. The monoisotopic (exact) mass is 224 g/mol. The van der Waals surface area contributed by atoms with Gasteiger partial charge in [-0.05, 0) is 6.42 Å². The summed E-state index contributed by atoms with van der Waals surface area (Å²) in [6.45, 7) is 2.94. The first-order valence-electron chi connectivity index (χ1n) is 5.01. The van der Waals surface area contributed by atoms with Gasteiger partial charge in [-0.25, -0.2) is 14.8 Å². The van der Waals surface area contributed by atoms with Crippen molar-refractivity contribution in [3.63, 3.8) is 0 Å². The van der Waals surface area contributed by atoms with Gasteiger partial charge in [-0.15, -0.1) is 0 Å². The molecule has 0 fully saturated rings. The summed E-state index contributed by atoms with van der Waals surface area (Å²) in [5.41, 5.74) is 11.5. The van der Waals surface area contributed by atoms with E-state index in [0.717, 1.165) is 12.0 Å². The normalized spacial score (nSPS) is 9.81. The van der Waals surface area contributed by atoms with E-state index in [0.29, 0.717) is 24.7 Å². The van der Waals surface area contributed by atoms with E-state index in [1.165, 1.54) is 6.33 Å². The van der Waals surface area contributed by atoms with Crippen LogP contribution < -0.4 is 22.1 Å². The van der Waals surface area contributed by atoms with E-state index in [-0.39, 0.29) is 0 Å². The second-order valence-corrected chi connectivity index (χ2v) is 3.16. The van der Waals surface area contributed by atoms with Gasteiger partial charge in [0.2, 0.25) is 0 Å². The zero-order valence-electron chi connectivity index (χ0n) is 9.16. The lowest BCUT2D eigenvalue weighted by atomic mass is 10.2. The molecule has 0 aliphatic carbocycles. The highest BCUT2D eigenvalue weighted by Gasteiger charge is 2.05. The van der Waals surface area contributed by atoms with E-state index in [2.05, 4.69) is 20.6 Å². The highest BCUT2D eigenvalue weighted by atomic mass is 16.2. The molecule has 88 valence electrons. The first-order chi connectivity index (χ1) is 7.65. The quantitative estimate of drug-likeness (QED) is 0.512. The van der Waals surface area contributed by atoms with Crippen LogP contribution in [0, 0.1) is 0 Å². The Morgan fingerprint density at radius 2 is 2.19 bits per heavy atom. The standard InChI is InChI=1S/C9H16N6O/c1-2-6-7(10)14-5-15-8(6)12-3-4-13-9(11)16/h5H,2-4H2,1H3,(H3,11,13,16)(H3,10,12,14,15). The molecule has 7 heteroatoms. The second-order valence-electron chi connectivity index (χ2n) is 3.16. The number of hydrogen-bond acceptors (Lipinski definition) is 5. The number of carbonyl (C=O) groups excluding carboxylic acids is 1. The number of anilines is 2. The Bertz CT molecular complexity index is 367. The number of urea groups is 1. The molecule has 0 aliphatic heterocycles. The molecule has 16 heavy (non-hydrogen) atoms. The third kappa shape index (κ3) is 3.26. The maximum atomic E-state index is 10.4. The van der Waals surface area contributed by atoms with Crippen molar-refractivity contribution < 1.29 is 4.79 Å². The first-order valence-corrected chi connectivity index (χ1v) is 5.01. The Hall–Kier alpha value is -2.05. The van der Waals surface area contributed by atoms with Crippen LogP contribution >= 0.6 is 0 Å². The Morgan fingerprint density at radius 3 is 2.81 bits per heavy atom. The summed E-state index contributed by atoms with van der Waals surface area (Å²) in [6, 6.07) is -0.542. The van der Waals surface area contributed by atoms with E-state index < -0.39 is 6.03 Å². The van der Waals surface area contributed by atoms with E-state index in [9.17, 15) is 4.79 Å². The summed E-state index contributed by atoms with van der Waals surface area (Å²) < 4.78 is 0. The molecule has 1 aromatic heterocycles. The second kappa shape index (κ2) is 5.74. The van der Waals surface area contributed by atoms with Gasteiger partial charge in [0.05, 0.1) is 0 Å². The first kappa shape index (κ1) is 12.0. The van der Waals surface area contributed by atoms with E-state index in [1.807, 2.05) is 6.92 Å². The van der Waals surface area contributed by atoms with Gasteiger partial charge < -0.3 is 22.1 Å². The number of nitrogens with zero attached hydrogens (tertiary/aromatic N) is 2. The molecule has 0 unspecified atom stereocenters. The molecular weight excluding hydrogens is 208 g/mol. The third-order valence-corrected chi connectivity index (χ3v) is 2.05. The van der Waals surface area contributed by atoms with Gasteiger partial charge in [-0.1, -0.05) is 6.92 Å². The lowest BCUT2D eigenvalue weighted by Gasteiger charge is -2.10. The molecule has 7 nitrogen and oxygen atoms in total. The molecule has 1 rings (SSSR count). The van der Waals surface area contributed by atoms with E-state index in [4.69, 9.17) is 11.5 Å². The van der Waals surface area contributed by atoms with Crippen LogP contribution in [0.4, 0.5) is 16.4 Å². The van der Waals surface area contributed by atoms with Crippen molar-refractivity contribution in [3.05, 3.63) is 11.9 Å². The molecule has 0 aromatic carbocycles. The predicted octanol–water partition coefficient (Wildman–Crippen LogP) is -0.299. The molecule has 0 saturated heterocycles. The molecule has 0 aliphatic rings. The molecule has 0 atom stereocenters. The number of carbonyl (C=O) groups is 1. The fourth-order valence-electron chi connectivity index (χ4n) is 1.29. The van der Waals surface area contributed by atoms with Gasteiger partial charge >= 0.3 is 6.03 Å². The van der Waals surface area contributed by atoms with Crippen LogP contribution in [0.15, 0.2) is 6.33 Å². The maximum absolute atomic E-state index is 10.4. The number of nitrogens with one attached hydrogen (secondary N) is 2. The zero-order valence-corrected chi connectivity index (χ0v) is 9.16. The number of amides is 2. The zero-order chi connectivity index (χ0) is 12.0. The molecule has 0 radical (unpaired) electrons. The third-order valence-electron chi connectivity index (χ3n) is 2.05. The van der Waals surface area contributed by atoms with Gasteiger partial charge in [-0.3, -0.25) is 0 Å². The van der Waals surface area contributed by atoms with Crippen LogP contribution in [0.5, 0.6) is 0 Å². The van der Waals surface area contributed by atoms with Crippen molar-refractivity contribution in [2.75, 3.05) is 24.1 Å². The number of rotatable bonds is 5. The van der Waals surface area contributed by atoms with Gasteiger partial charge in [0, 0.05) is 18.7 Å². The summed E-state index contributed by atoms with van der Waals surface area (Å²) in [5.74, 6) is 1.17. The SMILES string of the molecule is CCc1c(N)ncnc1NCCNC(N)=O. The number of nitrogens with two attached hydrogens (primary N) is 2. The van der Waals surface area contributed by atoms with Crippen LogP contribution in [-0.2, 0) is 6.42 Å². The summed E-state index contributed by atoms with van der Waals surface area (Å²) >= 11 is 0. The lowest BCUT2D eigenvalue weighted by Crippen LogP contribution is -2.33. The molecule has 0 bridgehead atoms. The van der Waals surface area contributed by atoms with Gasteiger partial charge in [0.15, 0.2) is 0 Å². The van der Waals surface area contributed by atoms with Crippen LogP contribution in [0.25, 0.3) is 0 Å². The maximum Gasteiger partial charge on any atom is 0.312 e. The van der Waals surface area contributed by atoms with Crippen molar-refractivity contribution in [2.24, 2.45) is 5.73 Å². The van der Waals surface area contributed by atoms with E-state index >= 15 is 0 Å². The number of aromatic nitrogens is 2. The van der Waals surface area contributed by atoms with Crippen LogP contribution in [0.2, 0.25) is 0 Å². The molecule has 1 heterocycles. The van der Waals surface area contributed by atoms with E-state index in [1.54, 1.807) is 0 Å². The van der Waals surface area contributed by atoms with Crippen molar-refractivity contribution in [1.82, 2.24) is 15.3 Å². The minimum absolute atomic E-state index is 0.433. The summed E-state index contributed by atoms with van der Waals surface area (Å²) in [7, 11) is 0. The average Bonchev–Trinajstić information content (AvgIpc) is 2.24. The highest BCUT2D eigenvalue weighted by molar-refractivity contribution is 5.71. The van der Waals surface area contributed by atoms with Gasteiger partial charge in [-0.2, -0.15) is 0 Å². The molecule has 0 saturated carbocycles. The number of primary amides is 1. The van der Waals surface area contributed by atoms with Crippen molar-refractivity contribution in [1.29, 1.82) is 0 Å². The average molecular weight is 224 g/mol. The fourth-order valence-corrected chi connectivity index (χ4v) is 1.29. The molecule has 6 N–H and O–H groups in total. The minimum Gasteiger partial charge on any atom is -0.383 e. The molecule has 2 amide bonds. The van der Waals surface area contributed by atoms with Gasteiger partial charge in [0.1, 0.15) is 18.0 Å². The molecule has 0 spiro atoms. The van der Waals surface area contributed by atoms with Crippen LogP contribution in [0.3, 0.4) is 0 Å². The van der Waals surface area contributed by atoms with Crippen LogP contribution in [0.1, 0.15) is 12.5 Å². The van der Waals surface area contributed by atoms with Crippen molar-refractivity contribution >= 4 is 17.7 Å². The molecule has 1 aromatic rings. The Labute approximate surface area is 93.6 Å². The fraction of sp³-hybridized carbons (Fsp3) is 0.444. The Kier molecular flexibility index (Phi) is 4.31. The summed E-state index contributed by atoms with van der Waals surface area (Å²) in [6.07, 6.45) is 2.15.